The molecule has 0 N–H and O–H groups in total. The van der Waals surface area contributed by atoms with Gasteiger partial charge in [0.15, 0.2) is 0 Å². The largest absolute Gasteiger partial charge is 0.500 e. The van der Waals surface area contributed by atoms with Crippen molar-refractivity contribution in [3.05, 3.63) is 197 Å². The molecule has 1 radical (unpaired) electrons. The Balaban J connectivity index is 0.000000252. The quantitative estimate of drug-likeness (QED) is 0.149. The van der Waals surface area contributed by atoms with Crippen LogP contribution in [0.1, 0.15) is 106 Å². The number of hydrogen-bond acceptors (Lipinski definition) is 3. The van der Waals surface area contributed by atoms with Gasteiger partial charge in [-0.15, -0.1) is 53.1 Å². The molecular weight excluding hydrogens is 983 g/mol. The van der Waals surface area contributed by atoms with Crippen molar-refractivity contribution in [2.45, 2.75) is 86.3 Å². The van der Waals surface area contributed by atoms with Crippen LogP contribution in [0.5, 0.6) is 0 Å². The molecule has 10 rings (SSSR count). The molecular formula is C61H57IrN3O-2. The second kappa shape index (κ2) is 18.8. The van der Waals surface area contributed by atoms with Crippen molar-refractivity contribution >= 4 is 33.0 Å². The van der Waals surface area contributed by atoms with Crippen molar-refractivity contribution in [2.75, 3.05) is 0 Å². The topological polar surface area (TPSA) is 43.9 Å². The summed E-state index contributed by atoms with van der Waals surface area (Å²) in [5, 5.41) is 1.58. The Kier molecular flexibility index (Phi) is 10.2. The number of para-hydroxylation sites is 2. The average molecular weight is 1050 g/mol. The molecule has 0 spiro atoms. The molecule has 0 bridgehead atoms. The summed E-state index contributed by atoms with van der Waals surface area (Å²) in [7, 11) is 0. The van der Waals surface area contributed by atoms with Crippen LogP contribution in [-0.2, 0) is 25.5 Å². The number of nitrogens with zero attached hydrogens (tertiary/aromatic N) is 3. The minimum absolute atomic E-state index is 0. The van der Waals surface area contributed by atoms with Gasteiger partial charge in [0.1, 0.15) is 5.58 Å². The number of pyridine rings is 1. The van der Waals surface area contributed by atoms with Crippen LogP contribution >= 0.6 is 0 Å². The number of imidazole rings is 1. The maximum atomic E-state index is 8.61. The molecule has 0 aliphatic carbocycles. The summed E-state index contributed by atoms with van der Waals surface area (Å²) in [6.07, 6.45) is 1.32. The third kappa shape index (κ3) is 8.83. The van der Waals surface area contributed by atoms with Crippen LogP contribution in [0.15, 0.2) is 156 Å². The Hall–Kier alpha value is -6.39. The van der Waals surface area contributed by atoms with Crippen LogP contribution in [0, 0.1) is 32.7 Å². The predicted octanol–water partition coefficient (Wildman–Crippen LogP) is 16.7. The predicted molar refractivity (Wildman–Crippen MR) is 273 cm³/mol. The van der Waals surface area contributed by atoms with Crippen LogP contribution in [-0.4, -0.2) is 14.5 Å². The minimum atomic E-state index is -2.41. The number of aryl methyl sites for hydroxylation is 3. The molecule has 10 aromatic rings. The minimum Gasteiger partial charge on any atom is -0.500 e. The van der Waals surface area contributed by atoms with Crippen LogP contribution in [0.3, 0.4) is 0 Å². The molecule has 66 heavy (non-hydrogen) atoms. The Morgan fingerprint density at radius 2 is 1.35 bits per heavy atom. The number of rotatable bonds is 7. The molecule has 7 aromatic carbocycles. The number of furan rings is 1. The monoisotopic (exact) mass is 1050 g/mol. The Bertz CT molecular complexity index is 3630. The SMILES string of the molecule is [2H]C([2H])([2H])c1c(-c2ccccc2)ccc2c1oc1c(-c3nc4ccccc4n3-c3c(C(C)C)cc(-c4ccccc4)cc3C(C)C)[c-]ccc12.[2H]C([2H])([2H])c1ccc(-c2[c-]cc(C([2H])([2H])[2H])c(C(C)(C)C)c2)nc1.[Ir]. The molecule has 0 unspecified atom stereocenters. The van der Waals surface area contributed by atoms with E-state index in [-0.39, 0.29) is 54.0 Å². The van der Waals surface area contributed by atoms with E-state index in [2.05, 4.69) is 91.8 Å². The zero-order valence-electron chi connectivity index (χ0n) is 47.2. The molecule has 0 atom stereocenters. The van der Waals surface area contributed by atoms with Gasteiger partial charge in [-0.05, 0) is 105 Å². The zero-order chi connectivity index (χ0) is 53.1. The molecule has 5 heteroatoms. The fourth-order valence-corrected chi connectivity index (χ4v) is 8.68. The number of benzene rings is 7. The first kappa shape index (κ1) is 35.8. The van der Waals surface area contributed by atoms with Gasteiger partial charge in [0, 0.05) is 49.7 Å². The molecule has 0 saturated carbocycles. The zero-order valence-corrected chi connectivity index (χ0v) is 40.6. The van der Waals surface area contributed by atoms with Gasteiger partial charge in [-0.3, -0.25) is 4.98 Å². The third-order valence-corrected chi connectivity index (χ3v) is 12.0. The smallest absolute Gasteiger partial charge is 0.124 e. The van der Waals surface area contributed by atoms with Gasteiger partial charge in [-0.25, -0.2) is 0 Å². The molecule has 333 valence electrons. The summed E-state index contributed by atoms with van der Waals surface area (Å²) < 4.78 is 80.1. The summed E-state index contributed by atoms with van der Waals surface area (Å²) in [4.78, 5) is 9.46. The Morgan fingerprint density at radius 3 is 1.98 bits per heavy atom. The van der Waals surface area contributed by atoms with Gasteiger partial charge in [0.05, 0.1) is 22.4 Å². The fraction of sp³-hybridized carbons (Fsp3) is 0.213. The van der Waals surface area contributed by atoms with E-state index in [0.29, 0.717) is 44.9 Å². The molecule has 3 aromatic heterocycles. The summed E-state index contributed by atoms with van der Waals surface area (Å²) in [5.41, 5.74) is 13.0. The fourth-order valence-electron chi connectivity index (χ4n) is 8.68. The van der Waals surface area contributed by atoms with E-state index >= 15 is 0 Å². The summed E-state index contributed by atoms with van der Waals surface area (Å²) in [6, 6.07) is 53.6. The number of fused-ring (bicyclic) bond motifs is 4. The normalized spacial score (nSPS) is 14.2. The number of aromatic nitrogens is 3. The van der Waals surface area contributed by atoms with E-state index in [9.17, 15) is 0 Å². The second-order valence-electron chi connectivity index (χ2n) is 18.2. The maximum Gasteiger partial charge on any atom is 0.124 e. The van der Waals surface area contributed by atoms with Crippen LogP contribution < -0.4 is 0 Å². The maximum absolute atomic E-state index is 8.61. The first-order chi connectivity index (χ1) is 34.9. The second-order valence-corrected chi connectivity index (χ2v) is 18.2. The first-order valence-corrected chi connectivity index (χ1v) is 22.1. The average Bonchev–Trinajstić information content (AvgIpc) is 3.94. The molecule has 0 aliphatic rings. The van der Waals surface area contributed by atoms with Crippen molar-refractivity contribution < 1.29 is 36.9 Å². The van der Waals surface area contributed by atoms with Crippen LogP contribution in [0.4, 0.5) is 0 Å². The summed E-state index contributed by atoms with van der Waals surface area (Å²) >= 11 is 0. The molecule has 0 amide bonds. The van der Waals surface area contributed by atoms with Crippen molar-refractivity contribution in [3.8, 4) is 50.6 Å². The standard InChI is InChI=1S/C44H37N2O.C17H20N.Ir/c1-27(2)37-25-32(30-15-8-6-9-16-30)26-38(28(3)4)41(37)46-40-22-13-12-21-39(40)45-44(46)36-20-14-19-34-35-24-23-33(31-17-10-7-11-18-31)29(5)42(35)47-43(34)36;1-12-6-9-16(18-11-12)14-8-7-13(2)15(10-14)17(3,4)5;/h6-19,21-28H,1-5H3;6-7,9-11H,1-5H3;/q2*-1;/i5D3;1D3,2D3;. The third-order valence-electron chi connectivity index (χ3n) is 12.0. The Labute approximate surface area is 416 Å². The van der Waals surface area contributed by atoms with Gasteiger partial charge in [0.25, 0.3) is 0 Å². The van der Waals surface area contributed by atoms with E-state index in [1.807, 2.05) is 99.6 Å². The van der Waals surface area contributed by atoms with Crippen molar-refractivity contribution in [2.24, 2.45) is 0 Å². The van der Waals surface area contributed by atoms with Crippen molar-refractivity contribution in [1.29, 1.82) is 0 Å². The van der Waals surface area contributed by atoms with E-state index < -0.39 is 20.6 Å². The summed E-state index contributed by atoms with van der Waals surface area (Å²) in [6.45, 7) is 7.99. The molecule has 4 nitrogen and oxygen atoms in total. The van der Waals surface area contributed by atoms with Crippen LogP contribution in [0.2, 0.25) is 0 Å². The molecule has 0 fully saturated rings. The van der Waals surface area contributed by atoms with Gasteiger partial charge in [-0.1, -0.05) is 163 Å². The van der Waals surface area contributed by atoms with Gasteiger partial charge in [0.2, 0.25) is 0 Å². The van der Waals surface area contributed by atoms with Gasteiger partial charge >= 0.3 is 0 Å². The van der Waals surface area contributed by atoms with Crippen molar-refractivity contribution in [1.82, 2.24) is 14.5 Å². The molecule has 0 aliphatic heterocycles. The van der Waals surface area contributed by atoms with Crippen LogP contribution in [0.25, 0.3) is 83.6 Å². The van der Waals surface area contributed by atoms with E-state index in [4.69, 9.17) is 21.7 Å². The van der Waals surface area contributed by atoms with E-state index in [1.54, 1.807) is 12.1 Å². The van der Waals surface area contributed by atoms with Gasteiger partial charge in [-0.2, -0.15) is 0 Å². The first-order valence-electron chi connectivity index (χ1n) is 26.6. The molecule has 0 saturated heterocycles. The van der Waals surface area contributed by atoms with E-state index in [1.165, 1.54) is 40.6 Å². The Morgan fingerprint density at radius 1 is 0.667 bits per heavy atom. The number of hydrogen-bond donors (Lipinski definition) is 0. The molecule has 3 heterocycles. The summed E-state index contributed by atoms with van der Waals surface area (Å²) in [5.74, 6) is 1.12. The van der Waals surface area contributed by atoms with E-state index in [0.717, 1.165) is 33.1 Å². The van der Waals surface area contributed by atoms with Crippen molar-refractivity contribution in [3.63, 3.8) is 0 Å². The van der Waals surface area contributed by atoms with Gasteiger partial charge < -0.3 is 14.0 Å².